The molecule has 1 aliphatic rings. The summed E-state index contributed by atoms with van der Waals surface area (Å²) in [4.78, 5) is 0. The minimum absolute atomic E-state index is 0.0532. The maximum absolute atomic E-state index is 14.2. The molecule has 2 atom stereocenters. The molecule has 32 heavy (non-hydrogen) atoms. The van der Waals surface area contributed by atoms with Gasteiger partial charge >= 0.3 is 0 Å². The molecule has 1 fully saturated rings. The van der Waals surface area contributed by atoms with Crippen molar-refractivity contribution in [3.05, 3.63) is 106 Å². The van der Waals surface area contributed by atoms with E-state index in [1.165, 1.54) is 0 Å². The zero-order valence-electron chi connectivity index (χ0n) is 17.3. The average molecular weight is 462 g/mol. The minimum Gasteiger partial charge on any atom is -0.369 e. The van der Waals surface area contributed by atoms with Crippen LogP contribution in [0.5, 0.6) is 0 Å². The monoisotopic (exact) mass is 461 g/mol. The highest BCUT2D eigenvalue weighted by Crippen LogP contribution is 2.38. The zero-order chi connectivity index (χ0) is 22.6. The van der Waals surface area contributed by atoms with E-state index in [9.17, 15) is 13.2 Å². The molecule has 168 valence electrons. The van der Waals surface area contributed by atoms with Crippen molar-refractivity contribution in [2.75, 3.05) is 13.1 Å². The summed E-state index contributed by atoms with van der Waals surface area (Å²) in [7, 11) is 0. The van der Waals surface area contributed by atoms with Gasteiger partial charge in [-0.1, -0.05) is 54.1 Å². The smallest absolute Gasteiger partial charge is 0.161 e. The van der Waals surface area contributed by atoms with E-state index in [-0.39, 0.29) is 12.2 Å². The van der Waals surface area contributed by atoms with Crippen LogP contribution in [0.1, 0.15) is 23.1 Å². The maximum atomic E-state index is 14.2. The Kier molecular flexibility index (Phi) is 7.16. The van der Waals surface area contributed by atoms with Gasteiger partial charge in [-0.3, -0.25) is 0 Å². The lowest BCUT2D eigenvalue weighted by molar-refractivity contribution is -0.176. The van der Waals surface area contributed by atoms with Gasteiger partial charge in [-0.2, -0.15) is 0 Å². The molecule has 0 aliphatic carbocycles. The first-order valence-corrected chi connectivity index (χ1v) is 10.8. The molecule has 3 aromatic rings. The average Bonchev–Trinajstić information content (AvgIpc) is 2.81. The molecule has 3 aromatic carbocycles. The SMILES string of the molecule is Fc1cc(F)c(COC2CNCCC2(OCc2ccccc2)c2ccc(Cl)cc2)cc1F. The number of nitrogens with one attached hydrogen (secondary N) is 1. The number of ether oxygens (including phenoxy) is 2. The second-order valence-electron chi connectivity index (χ2n) is 7.78. The Morgan fingerprint density at radius 3 is 2.38 bits per heavy atom. The van der Waals surface area contributed by atoms with Gasteiger partial charge in [0.2, 0.25) is 0 Å². The van der Waals surface area contributed by atoms with E-state index < -0.39 is 29.2 Å². The number of hydrogen-bond acceptors (Lipinski definition) is 3. The zero-order valence-corrected chi connectivity index (χ0v) is 18.0. The van der Waals surface area contributed by atoms with Crippen molar-refractivity contribution in [1.82, 2.24) is 5.32 Å². The third-order valence-electron chi connectivity index (χ3n) is 5.72. The Hall–Kier alpha value is -2.38. The van der Waals surface area contributed by atoms with Gasteiger partial charge in [-0.25, -0.2) is 13.2 Å². The summed E-state index contributed by atoms with van der Waals surface area (Å²) < 4.78 is 53.7. The molecule has 0 spiro atoms. The fourth-order valence-electron chi connectivity index (χ4n) is 3.99. The van der Waals surface area contributed by atoms with E-state index >= 15 is 0 Å². The van der Waals surface area contributed by atoms with Crippen LogP contribution < -0.4 is 5.32 Å². The third kappa shape index (κ3) is 4.99. The van der Waals surface area contributed by atoms with Crippen LogP contribution in [0.4, 0.5) is 13.2 Å². The number of piperidine rings is 1. The summed E-state index contributed by atoms with van der Waals surface area (Å²) in [6.07, 6.45) is 0.0977. The van der Waals surface area contributed by atoms with Crippen molar-refractivity contribution in [1.29, 1.82) is 0 Å². The van der Waals surface area contributed by atoms with Crippen LogP contribution in [0, 0.1) is 17.5 Å². The van der Waals surface area contributed by atoms with Gasteiger partial charge in [-0.15, -0.1) is 0 Å². The van der Waals surface area contributed by atoms with Crippen molar-refractivity contribution < 1.29 is 22.6 Å². The predicted octanol–water partition coefficient (Wildman–Crippen LogP) is 5.75. The molecule has 4 rings (SSSR count). The molecule has 1 saturated heterocycles. The largest absolute Gasteiger partial charge is 0.369 e. The number of rotatable bonds is 7. The third-order valence-corrected chi connectivity index (χ3v) is 5.98. The van der Waals surface area contributed by atoms with E-state index in [1.54, 1.807) is 12.1 Å². The Morgan fingerprint density at radius 2 is 1.62 bits per heavy atom. The molecular formula is C25H23ClF3NO2. The number of benzene rings is 3. The molecule has 1 heterocycles. The minimum atomic E-state index is -1.23. The van der Waals surface area contributed by atoms with Gasteiger partial charge in [-0.05, 0) is 42.3 Å². The lowest BCUT2D eigenvalue weighted by Crippen LogP contribution is -2.54. The standard InChI is InChI=1S/C25H23ClF3NO2/c26-20-8-6-19(7-9-20)25(32-15-17-4-2-1-3-5-17)10-11-30-14-24(25)31-16-18-12-22(28)23(29)13-21(18)27/h1-9,12-13,24,30H,10-11,14-16H2. The fourth-order valence-corrected chi connectivity index (χ4v) is 4.11. The van der Waals surface area contributed by atoms with Gasteiger partial charge in [0.25, 0.3) is 0 Å². The summed E-state index contributed by atoms with van der Waals surface area (Å²) >= 11 is 6.10. The number of halogens is 4. The topological polar surface area (TPSA) is 30.5 Å². The number of hydrogen-bond donors (Lipinski definition) is 1. The van der Waals surface area contributed by atoms with Crippen LogP contribution >= 0.6 is 11.6 Å². The second-order valence-corrected chi connectivity index (χ2v) is 8.22. The van der Waals surface area contributed by atoms with Gasteiger partial charge in [0.1, 0.15) is 17.5 Å². The van der Waals surface area contributed by atoms with Crippen LogP contribution in [-0.2, 0) is 28.3 Å². The van der Waals surface area contributed by atoms with E-state index in [4.69, 9.17) is 21.1 Å². The molecule has 0 amide bonds. The van der Waals surface area contributed by atoms with Crippen LogP contribution in [0.25, 0.3) is 0 Å². The molecular weight excluding hydrogens is 439 g/mol. The van der Waals surface area contributed by atoms with Crippen molar-refractivity contribution >= 4 is 11.6 Å². The summed E-state index contributed by atoms with van der Waals surface area (Å²) in [6.45, 7) is 1.27. The second kappa shape index (κ2) is 10.0. The molecule has 0 aromatic heterocycles. The van der Waals surface area contributed by atoms with E-state index in [0.29, 0.717) is 37.2 Å². The van der Waals surface area contributed by atoms with Gasteiger partial charge in [0.05, 0.1) is 13.2 Å². The van der Waals surface area contributed by atoms with Gasteiger partial charge in [0, 0.05) is 23.2 Å². The highest BCUT2D eigenvalue weighted by Gasteiger charge is 2.44. The summed E-state index contributed by atoms with van der Waals surface area (Å²) in [5.41, 5.74) is 1.00. The first-order valence-electron chi connectivity index (χ1n) is 10.4. The first-order chi connectivity index (χ1) is 15.5. The van der Waals surface area contributed by atoms with Crippen molar-refractivity contribution in [3.8, 4) is 0 Å². The van der Waals surface area contributed by atoms with Crippen LogP contribution in [0.15, 0.2) is 66.7 Å². The summed E-state index contributed by atoms with van der Waals surface area (Å²) in [6, 6.07) is 18.5. The van der Waals surface area contributed by atoms with E-state index in [1.807, 2.05) is 42.5 Å². The quantitative estimate of drug-likeness (QED) is 0.454. The van der Waals surface area contributed by atoms with Gasteiger partial charge in [0.15, 0.2) is 11.6 Å². The van der Waals surface area contributed by atoms with Crippen LogP contribution in [0.2, 0.25) is 5.02 Å². The fraction of sp³-hybridized carbons (Fsp3) is 0.280. The van der Waals surface area contributed by atoms with Crippen LogP contribution in [-0.4, -0.2) is 19.2 Å². The highest BCUT2D eigenvalue weighted by molar-refractivity contribution is 6.30. The van der Waals surface area contributed by atoms with Crippen molar-refractivity contribution in [2.45, 2.75) is 31.3 Å². The lowest BCUT2D eigenvalue weighted by atomic mass is 9.82. The van der Waals surface area contributed by atoms with Crippen LogP contribution in [0.3, 0.4) is 0 Å². The Morgan fingerprint density at radius 1 is 0.906 bits per heavy atom. The maximum Gasteiger partial charge on any atom is 0.161 e. The van der Waals surface area contributed by atoms with Crippen molar-refractivity contribution in [3.63, 3.8) is 0 Å². The normalized spacial score (nSPS) is 20.9. The predicted molar refractivity (Wildman–Crippen MR) is 117 cm³/mol. The molecule has 2 unspecified atom stereocenters. The first kappa shape index (κ1) is 22.8. The molecule has 3 nitrogen and oxygen atoms in total. The molecule has 0 radical (unpaired) electrons. The Labute approximate surface area is 190 Å². The Balaban J connectivity index is 1.62. The molecule has 0 saturated carbocycles. The molecule has 7 heteroatoms. The molecule has 1 aliphatic heterocycles. The molecule has 1 N–H and O–H groups in total. The molecule has 0 bridgehead atoms. The van der Waals surface area contributed by atoms with E-state index in [0.717, 1.165) is 17.2 Å². The summed E-state index contributed by atoms with van der Waals surface area (Å²) in [5.74, 6) is -3.20. The van der Waals surface area contributed by atoms with Gasteiger partial charge < -0.3 is 14.8 Å². The van der Waals surface area contributed by atoms with E-state index in [2.05, 4.69) is 5.32 Å². The summed E-state index contributed by atoms with van der Waals surface area (Å²) in [5, 5.41) is 3.88. The van der Waals surface area contributed by atoms with Crippen molar-refractivity contribution in [2.24, 2.45) is 0 Å². The highest BCUT2D eigenvalue weighted by atomic mass is 35.5. The Bertz CT molecular complexity index is 1050. The lowest BCUT2D eigenvalue weighted by Gasteiger charge is -2.44.